The van der Waals surface area contributed by atoms with Crippen LogP contribution in [0.2, 0.25) is 10.4 Å². The summed E-state index contributed by atoms with van der Waals surface area (Å²) in [5.74, 6) is 0. The highest BCUT2D eigenvalue weighted by molar-refractivity contribution is 6.41. The van der Waals surface area contributed by atoms with Gasteiger partial charge in [-0.15, -0.1) is 0 Å². The van der Waals surface area contributed by atoms with Crippen molar-refractivity contribution in [3.8, 4) is 0 Å². The van der Waals surface area contributed by atoms with Crippen LogP contribution in [0.4, 0.5) is 0 Å². The van der Waals surface area contributed by atoms with Gasteiger partial charge in [0.25, 0.3) is 0 Å². The number of hydrogen-bond donors (Lipinski definition) is 0. The lowest BCUT2D eigenvalue weighted by atomic mass is 9.94. The molecule has 0 aliphatic carbocycles. The van der Waals surface area contributed by atoms with Crippen LogP contribution < -0.4 is 5.46 Å². The van der Waals surface area contributed by atoms with Crippen LogP contribution in [0.1, 0.15) is 0 Å². The van der Waals surface area contributed by atoms with Crippen molar-refractivity contribution in [1.29, 1.82) is 0 Å². The monoisotopic (exact) mass is 210 g/mol. The average Bonchev–Trinajstić information content (AvgIpc) is 2.07. The van der Waals surface area contributed by atoms with Gasteiger partial charge in [-0.05, 0) is 17.7 Å². The standard InChI is InChI=1S/C8H5BCl2N2/c9-5-3-1-2-4-6(5)12-8(11)13-7(4)10/h1-3H,9H2. The molecule has 0 radical (unpaired) electrons. The third kappa shape index (κ3) is 1.49. The molecular weight excluding hydrogens is 206 g/mol. The maximum Gasteiger partial charge on any atom is 0.224 e. The molecule has 0 fully saturated rings. The Labute approximate surface area is 86.3 Å². The summed E-state index contributed by atoms with van der Waals surface area (Å²) in [4.78, 5) is 7.97. The maximum absolute atomic E-state index is 5.90. The topological polar surface area (TPSA) is 25.8 Å². The summed E-state index contributed by atoms with van der Waals surface area (Å²) in [5, 5.41) is 1.43. The van der Waals surface area contributed by atoms with E-state index < -0.39 is 0 Å². The minimum atomic E-state index is 0.187. The molecule has 0 spiro atoms. The number of aromatic nitrogens is 2. The summed E-state index contributed by atoms with van der Waals surface area (Å²) in [6, 6.07) is 5.75. The highest BCUT2D eigenvalue weighted by atomic mass is 35.5. The molecule has 1 aromatic heterocycles. The van der Waals surface area contributed by atoms with E-state index >= 15 is 0 Å². The maximum atomic E-state index is 5.90. The molecule has 0 aliphatic heterocycles. The van der Waals surface area contributed by atoms with Gasteiger partial charge in [0, 0.05) is 5.39 Å². The molecule has 0 atom stereocenters. The van der Waals surface area contributed by atoms with Crippen LogP contribution >= 0.6 is 23.2 Å². The molecule has 0 N–H and O–H groups in total. The van der Waals surface area contributed by atoms with E-state index in [1.807, 2.05) is 26.0 Å². The second kappa shape index (κ2) is 3.16. The average molecular weight is 211 g/mol. The molecule has 64 valence electrons. The zero-order valence-electron chi connectivity index (χ0n) is 6.88. The normalized spacial score (nSPS) is 10.6. The predicted octanol–water partition coefficient (Wildman–Crippen LogP) is 1.19. The van der Waals surface area contributed by atoms with E-state index in [1.165, 1.54) is 0 Å². The van der Waals surface area contributed by atoms with Gasteiger partial charge in [-0.1, -0.05) is 29.2 Å². The molecule has 0 saturated carbocycles. The van der Waals surface area contributed by atoms with Crippen molar-refractivity contribution in [3.63, 3.8) is 0 Å². The Bertz CT molecular complexity index is 473. The van der Waals surface area contributed by atoms with Gasteiger partial charge in [-0.25, -0.2) is 9.97 Å². The second-order valence-electron chi connectivity index (χ2n) is 2.75. The van der Waals surface area contributed by atoms with Crippen molar-refractivity contribution < 1.29 is 0 Å². The Morgan fingerprint density at radius 3 is 2.69 bits per heavy atom. The highest BCUT2D eigenvalue weighted by Gasteiger charge is 2.05. The molecule has 1 aromatic carbocycles. The lowest BCUT2D eigenvalue weighted by Gasteiger charge is -2.02. The van der Waals surface area contributed by atoms with E-state index in [9.17, 15) is 0 Å². The molecule has 0 unspecified atom stereocenters. The Balaban J connectivity index is 2.94. The molecule has 2 nitrogen and oxygen atoms in total. The number of rotatable bonds is 0. The fourth-order valence-electron chi connectivity index (χ4n) is 1.23. The molecule has 2 rings (SSSR count). The summed E-state index contributed by atoms with van der Waals surface area (Å²) in [5.41, 5.74) is 1.86. The first kappa shape index (κ1) is 8.79. The van der Waals surface area contributed by atoms with Crippen molar-refractivity contribution in [1.82, 2.24) is 9.97 Å². The molecule has 0 bridgehead atoms. The molecule has 0 aliphatic rings. The highest BCUT2D eigenvalue weighted by Crippen LogP contribution is 2.19. The fourth-order valence-corrected chi connectivity index (χ4v) is 1.68. The van der Waals surface area contributed by atoms with E-state index in [4.69, 9.17) is 23.2 Å². The number of para-hydroxylation sites is 1. The number of fused-ring (bicyclic) bond motifs is 1. The molecule has 0 saturated heterocycles. The third-order valence-electron chi connectivity index (χ3n) is 1.85. The summed E-state index contributed by atoms with van der Waals surface area (Å²) in [6.45, 7) is 0. The molecule has 1 heterocycles. The summed E-state index contributed by atoms with van der Waals surface area (Å²) in [6.07, 6.45) is 0. The van der Waals surface area contributed by atoms with Crippen molar-refractivity contribution in [2.24, 2.45) is 0 Å². The Hall–Kier alpha value is -0.795. The van der Waals surface area contributed by atoms with Gasteiger partial charge in [-0.3, -0.25) is 0 Å². The van der Waals surface area contributed by atoms with Gasteiger partial charge in [0.05, 0.1) is 5.52 Å². The largest absolute Gasteiger partial charge is 0.224 e. The van der Waals surface area contributed by atoms with E-state index in [0.29, 0.717) is 5.15 Å². The Kier molecular flexibility index (Phi) is 2.14. The number of halogens is 2. The second-order valence-corrected chi connectivity index (χ2v) is 3.45. The first-order chi connectivity index (χ1) is 6.18. The van der Waals surface area contributed by atoms with Crippen LogP contribution in [0.5, 0.6) is 0 Å². The van der Waals surface area contributed by atoms with Gasteiger partial charge in [0.1, 0.15) is 13.0 Å². The Morgan fingerprint density at radius 2 is 1.92 bits per heavy atom. The van der Waals surface area contributed by atoms with E-state index in [-0.39, 0.29) is 5.28 Å². The van der Waals surface area contributed by atoms with Gasteiger partial charge >= 0.3 is 0 Å². The lowest BCUT2D eigenvalue weighted by molar-refractivity contribution is 1.23. The minimum absolute atomic E-state index is 0.187. The van der Waals surface area contributed by atoms with Crippen molar-refractivity contribution in [3.05, 3.63) is 28.6 Å². The molecule has 5 heteroatoms. The van der Waals surface area contributed by atoms with Crippen molar-refractivity contribution in [2.45, 2.75) is 0 Å². The number of nitrogens with zero attached hydrogens (tertiary/aromatic N) is 2. The summed E-state index contributed by atoms with van der Waals surface area (Å²) < 4.78 is 0. The third-order valence-corrected chi connectivity index (χ3v) is 2.31. The molecule has 0 amide bonds. The predicted molar refractivity (Wildman–Crippen MR) is 57.7 cm³/mol. The van der Waals surface area contributed by atoms with E-state index in [0.717, 1.165) is 16.4 Å². The van der Waals surface area contributed by atoms with Gasteiger partial charge in [0.2, 0.25) is 5.28 Å². The summed E-state index contributed by atoms with van der Waals surface area (Å²) in [7, 11) is 1.96. The quantitative estimate of drug-likeness (QED) is 0.371. The fraction of sp³-hybridized carbons (Fsp3) is 0. The van der Waals surface area contributed by atoms with Crippen LogP contribution in [-0.4, -0.2) is 17.8 Å². The summed E-state index contributed by atoms with van der Waals surface area (Å²) >= 11 is 11.6. The van der Waals surface area contributed by atoms with Crippen LogP contribution in [0, 0.1) is 0 Å². The zero-order chi connectivity index (χ0) is 9.42. The molecular formula is C8H5BCl2N2. The smallest absolute Gasteiger partial charge is 0.218 e. The van der Waals surface area contributed by atoms with Gasteiger partial charge in [-0.2, -0.15) is 0 Å². The number of benzene rings is 1. The van der Waals surface area contributed by atoms with Gasteiger partial charge < -0.3 is 0 Å². The van der Waals surface area contributed by atoms with Crippen LogP contribution in [0.3, 0.4) is 0 Å². The molecule has 13 heavy (non-hydrogen) atoms. The van der Waals surface area contributed by atoms with Crippen LogP contribution in [0.15, 0.2) is 18.2 Å². The molecule has 2 aromatic rings. The van der Waals surface area contributed by atoms with E-state index in [2.05, 4.69) is 9.97 Å². The Morgan fingerprint density at radius 1 is 1.15 bits per heavy atom. The first-order valence-corrected chi connectivity index (χ1v) is 4.52. The van der Waals surface area contributed by atoms with Crippen LogP contribution in [-0.2, 0) is 0 Å². The van der Waals surface area contributed by atoms with Gasteiger partial charge in [0.15, 0.2) is 0 Å². The van der Waals surface area contributed by atoms with Crippen molar-refractivity contribution in [2.75, 3.05) is 0 Å². The SMILES string of the molecule is Bc1cccc2c(Cl)nc(Cl)nc12. The van der Waals surface area contributed by atoms with E-state index in [1.54, 1.807) is 0 Å². The lowest BCUT2D eigenvalue weighted by Crippen LogP contribution is -2.05. The van der Waals surface area contributed by atoms with Crippen molar-refractivity contribution >= 4 is 47.4 Å². The minimum Gasteiger partial charge on any atom is -0.218 e. The first-order valence-electron chi connectivity index (χ1n) is 3.77. The van der Waals surface area contributed by atoms with Crippen LogP contribution in [0.25, 0.3) is 10.9 Å². The zero-order valence-corrected chi connectivity index (χ0v) is 8.39. The number of hydrogen-bond acceptors (Lipinski definition) is 2.